The number of benzene rings is 2. The molecule has 0 N–H and O–H groups in total. The van der Waals surface area contributed by atoms with Gasteiger partial charge in [-0.15, -0.1) is 0 Å². The lowest BCUT2D eigenvalue weighted by Gasteiger charge is -2.44. The van der Waals surface area contributed by atoms with E-state index in [0.29, 0.717) is 0 Å². The Kier molecular flexibility index (Phi) is 12.3. The van der Waals surface area contributed by atoms with Gasteiger partial charge in [0.1, 0.15) is 7.14 Å². The van der Waals surface area contributed by atoms with Gasteiger partial charge < -0.3 is 13.4 Å². The van der Waals surface area contributed by atoms with Crippen LogP contribution < -0.4 is 10.6 Å². The molecular weight excluding hydrogens is 544 g/mol. The van der Waals surface area contributed by atoms with E-state index >= 15 is 4.57 Å². The molecule has 0 amide bonds. The second-order valence-corrected chi connectivity index (χ2v) is 27.2. The van der Waals surface area contributed by atoms with Crippen molar-refractivity contribution >= 4 is 34.4 Å². The lowest BCUT2D eigenvalue weighted by molar-refractivity contribution is 0.125. The molecule has 2 aromatic rings. The summed E-state index contributed by atoms with van der Waals surface area (Å²) >= 11 is 0. The summed E-state index contributed by atoms with van der Waals surface area (Å²) in [6.07, 6.45) is 4.75. The fourth-order valence-corrected chi connectivity index (χ4v) is 11.4. The Labute approximate surface area is 249 Å². The monoisotopic (exact) mass is 602 g/mol. The van der Waals surface area contributed by atoms with E-state index < -0.39 is 23.8 Å². The van der Waals surface area contributed by atoms with Crippen molar-refractivity contribution in [2.24, 2.45) is 0 Å². The van der Waals surface area contributed by atoms with Gasteiger partial charge in [0.25, 0.3) is 0 Å². The predicted octanol–water partition coefficient (Wildman–Crippen LogP) is 10.1. The number of rotatable bonds is 14. The molecule has 0 aromatic heterocycles. The predicted molar refractivity (Wildman–Crippen MR) is 182 cm³/mol. The molecule has 2 rings (SSSR count). The first-order valence-electron chi connectivity index (χ1n) is 15.4. The summed E-state index contributed by atoms with van der Waals surface area (Å²) in [6, 6.07) is 20.4. The van der Waals surface area contributed by atoms with Gasteiger partial charge in [0.05, 0.1) is 6.10 Å². The van der Waals surface area contributed by atoms with Crippen LogP contribution in [0.25, 0.3) is 0 Å². The van der Waals surface area contributed by atoms with Gasteiger partial charge in [0.15, 0.2) is 16.6 Å². The van der Waals surface area contributed by atoms with Crippen molar-refractivity contribution in [2.75, 3.05) is 0 Å². The summed E-state index contributed by atoms with van der Waals surface area (Å²) in [6.45, 7) is 27.6. The van der Waals surface area contributed by atoms with Crippen molar-refractivity contribution in [3.05, 3.63) is 60.7 Å². The lowest BCUT2D eigenvalue weighted by atomic mass is 10.0. The molecule has 3 nitrogen and oxygen atoms in total. The molecule has 0 bridgehead atoms. The highest BCUT2D eigenvalue weighted by molar-refractivity contribution is 7.79. The van der Waals surface area contributed by atoms with Gasteiger partial charge >= 0.3 is 0 Å². The van der Waals surface area contributed by atoms with Crippen LogP contribution in [0.15, 0.2) is 60.7 Å². The van der Waals surface area contributed by atoms with E-state index in [2.05, 4.69) is 106 Å². The Hall–Kier alpha value is -0.976. The van der Waals surface area contributed by atoms with Gasteiger partial charge in [-0.3, -0.25) is 0 Å². The van der Waals surface area contributed by atoms with E-state index in [4.69, 9.17) is 8.85 Å². The maximum atomic E-state index is 15.7. The Morgan fingerprint density at radius 3 is 1.52 bits per heavy atom. The number of hydrogen-bond acceptors (Lipinski definition) is 3. The van der Waals surface area contributed by atoms with Gasteiger partial charge in [-0.1, -0.05) is 122 Å². The summed E-state index contributed by atoms with van der Waals surface area (Å²) < 4.78 is 29.8. The molecule has 3 atom stereocenters. The maximum Gasteiger partial charge on any atom is 0.192 e. The van der Waals surface area contributed by atoms with Gasteiger partial charge in [0.2, 0.25) is 0 Å². The molecule has 0 saturated heterocycles. The summed E-state index contributed by atoms with van der Waals surface area (Å²) in [5.41, 5.74) is -0.0913. The van der Waals surface area contributed by atoms with E-state index in [1.165, 1.54) is 0 Å². The van der Waals surface area contributed by atoms with Crippen LogP contribution in [-0.2, 0) is 13.4 Å². The van der Waals surface area contributed by atoms with E-state index in [9.17, 15) is 0 Å². The minimum absolute atomic E-state index is 0.0628. The molecule has 0 saturated carbocycles. The molecule has 0 aliphatic heterocycles. The summed E-state index contributed by atoms with van der Waals surface area (Å²) in [5.74, 6) is 0. The van der Waals surface area contributed by atoms with Crippen LogP contribution in [0.4, 0.5) is 0 Å². The molecule has 0 fully saturated rings. The third kappa shape index (κ3) is 8.77. The van der Waals surface area contributed by atoms with Crippen LogP contribution in [0.2, 0.25) is 36.3 Å². The first-order chi connectivity index (χ1) is 18.4. The molecule has 0 heterocycles. The maximum absolute atomic E-state index is 15.7. The van der Waals surface area contributed by atoms with Crippen LogP contribution in [0.5, 0.6) is 0 Å². The second kappa shape index (κ2) is 14.0. The quantitative estimate of drug-likeness (QED) is 0.159. The Balaban J connectivity index is 2.62. The van der Waals surface area contributed by atoms with E-state index in [1.807, 2.05) is 36.4 Å². The smallest absolute Gasteiger partial charge is 0.192 e. The lowest BCUT2D eigenvalue weighted by Crippen LogP contribution is -2.49. The van der Waals surface area contributed by atoms with Crippen LogP contribution in [0.3, 0.4) is 0 Å². The molecule has 226 valence electrons. The SMILES string of the molecule is CCCC[C@@H]([C@H](CCC(C)O[Si](C)(C)C(C)(C)C)O[Si](C)(C)C(C)(C)C)P(=O)(c1ccccc1)c1ccccc1. The molecule has 0 spiro atoms. The van der Waals surface area contributed by atoms with E-state index in [0.717, 1.165) is 42.7 Å². The summed E-state index contributed by atoms with van der Waals surface area (Å²) in [7, 11) is -7.07. The van der Waals surface area contributed by atoms with Crippen LogP contribution >= 0.6 is 7.14 Å². The highest BCUT2D eigenvalue weighted by Crippen LogP contribution is 2.54. The van der Waals surface area contributed by atoms with E-state index in [-0.39, 0.29) is 27.9 Å². The van der Waals surface area contributed by atoms with Crippen LogP contribution in [0, 0.1) is 0 Å². The van der Waals surface area contributed by atoms with Crippen molar-refractivity contribution in [1.82, 2.24) is 0 Å². The normalized spacial score (nSPS) is 16.0. The van der Waals surface area contributed by atoms with Crippen molar-refractivity contribution < 1.29 is 13.4 Å². The Bertz CT molecular complexity index is 1030. The van der Waals surface area contributed by atoms with Gasteiger partial charge in [0, 0.05) is 22.4 Å². The molecule has 2 aromatic carbocycles. The minimum Gasteiger partial charge on any atom is -0.414 e. The molecule has 1 unspecified atom stereocenters. The van der Waals surface area contributed by atoms with Gasteiger partial charge in [-0.25, -0.2) is 0 Å². The molecule has 0 radical (unpaired) electrons. The Morgan fingerprint density at radius 2 is 1.12 bits per heavy atom. The van der Waals surface area contributed by atoms with Crippen molar-refractivity contribution in [2.45, 2.75) is 142 Å². The van der Waals surface area contributed by atoms with Crippen molar-refractivity contribution in [3.8, 4) is 0 Å². The zero-order valence-corrected chi connectivity index (χ0v) is 30.6. The fourth-order valence-electron chi connectivity index (χ4n) is 4.87. The van der Waals surface area contributed by atoms with Crippen LogP contribution in [0.1, 0.15) is 87.5 Å². The molecule has 6 heteroatoms. The fraction of sp³-hybridized carbons (Fsp3) is 0.647. The van der Waals surface area contributed by atoms with Crippen molar-refractivity contribution in [1.29, 1.82) is 0 Å². The number of unbranched alkanes of at least 4 members (excludes halogenated alkanes) is 1. The molecule has 0 aliphatic carbocycles. The van der Waals surface area contributed by atoms with Crippen LogP contribution in [-0.4, -0.2) is 34.5 Å². The highest BCUT2D eigenvalue weighted by Gasteiger charge is 2.46. The first kappa shape index (κ1) is 35.2. The number of hydrogen-bond donors (Lipinski definition) is 0. The molecular formula is C34H59O3PSi2. The highest BCUT2D eigenvalue weighted by atomic mass is 31.2. The van der Waals surface area contributed by atoms with Gasteiger partial charge in [-0.05, 0) is 62.5 Å². The summed E-state index contributed by atoms with van der Waals surface area (Å²) in [4.78, 5) is 0. The third-order valence-electron chi connectivity index (χ3n) is 9.44. The zero-order chi connectivity index (χ0) is 30.4. The van der Waals surface area contributed by atoms with E-state index in [1.54, 1.807) is 0 Å². The minimum atomic E-state index is -3.02. The average molecular weight is 603 g/mol. The zero-order valence-electron chi connectivity index (χ0n) is 27.7. The van der Waals surface area contributed by atoms with Gasteiger partial charge in [-0.2, -0.15) is 0 Å². The molecule has 40 heavy (non-hydrogen) atoms. The van der Waals surface area contributed by atoms with Crippen molar-refractivity contribution in [3.63, 3.8) is 0 Å². The average Bonchev–Trinajstić information content (AvgIpc) is 2.86. The Morgan fingerprint density at radius 1 is 0.700 bits per heavy atom. The summed E-state index contributed by atoms with van der Waals surface area (Å²) in [5, 5.41) is 2.11. The second-order valence-electron chi connectivity index (χ2n) is 14.7. The molecule has 0 aliphatic rings. The third-order valence-corrected chi connectivity index (χ3v) is 22.2. The first-order valence-corrected chi connectivity index (χ1v) is 23.0. The topological polar surface area (TPSA) is 35.5 Å². The largest absolute Gasteiger partial charge is 0.414 e. The standard InChI is InChI=1S/C34H59O3PSi2/c1-13-14-25-32(38(35,29-21-17-15-18-22-29)30-23-19-16-20-24-30)31(37-40(11,12)34(6,7)8)27-26-28(2)36-39(9,10)33(3,4)5/h15-24,28,31-32H,13-14,25-27H2,1-12H3/t28?,31-,32-/m0/s1.